The first kappa shape index (κ1) is 16.8. The third kappa shape index (κ3) is 2.67. The summed E-state index contributed by atoms with van der Waals surface area (Å²) in [6.07, 6.45) is 7.26. The third-order valence-corrected chi connectivity index (χ3v) is 5.55. The number of hydrogen-bond acceptors (Lipinski definition) is 5. The second-order valence-corrected chi connectivity index (χ2v) is 7.18. The number of carbonyl (C=O) groups excluding carboxylic acids is 1. The van der Waals surface area contributed by atoms with E-state index in [0.717, 1.165) is 37.2 Å². The van der Waals surface area contributed by atoms with Crippen molar-refractivity contribution in [1.29, 1.82) is 0 Å². The number of methoxy groups -OCH3 is 1. The minimum absolute atomic E-state index is 0.0935. The summed E-state index contributed by atoms with van der Waals surface area (Å²) in [5.41, 5.74) is 2.21. The molecule has 7 heteroatoms. The quantitative estimate of drug-likeness (QED) is 0.885. The van der Waals surface area contributed by atoms with Gasteiger partial charge in [0.2, 0.25) is 5.43 Å². The fraction of sp³-hybridized carbons (Fsp3) is 0.474. The lowest BCUT2D eigenvalue weighted by molar-refractivity contribution is 0.0627. The molecule has 1 unspecified atom stereocenters. The zero-order valence-corrected chi connectivity index (χ0v) is 15.0. The topological polar surface area (TPSA) is 88.2 Å². The van der Waals surface area contributed by atoms with Crippen molar-refractivity contribution in [2.45, 2.75) is 38.0 Å². The predicted octanol–water partition coefficient (Wildman–Crippen LogP) is 1.60. The van der Waals surface area contributed by atoms with Gasteiger partial charge in [-0.25, -0.2) is 9.97 Å². The fourth-order valence-electron chi connectivity index (χ4n) is 4.24. The lowest BCUT2D eigenvalue weighted by atomic mass is 9.77. The average Bonchev–Trinajstić information content (AvgIpc) is 2.98. The summed E-state index contributed by atoms with van der Waals surface area (Å²) in [4.78, 5) is 38.7. The van der Waals surface area contributed by atoms with E-state index in [2.05, 4.69) is 9.97 Å². The van der Waals surface area contributed by atoms with Gasteiger partial charge >= 0.3 is 0 Å². The van der Waals surface area contributed by atoms with E-state index in [4.69, 9.17) is 9.72 Å². The summed E-state index contributed by atoms with van der Waals surface area (Å²) >= 11 is 0. The molecule has 4 rings (SSSR count). The van der Waals surface area contributed by atoms with E-state index in [9.17, 15) is 9.59 Å². The Hall–Kier alpha value is -2.70. The molecular formula is C19H22N4O3. The predicted molar refractivity (Wildman–Crippen MR) is 95.5 cm³/mol. The molecule has 2 aliphatic rings. The number of ether oxygens (including phenoxy) is 1. The first-order chi connectivity index (χ1) is 12.5. The van der Waals surface area contributed by atoms with Crippen molar-refractivity contribution in [2.75, 3.05) is 20.2 Å². The molecule has 0 saturated carbocycles. The number of aryl methyl sites for hydroxylation is 2. The van der Waals surface area contributed by atoms with Gasteiger partial charge in [0.1, 0.15) is 11.5 Å². The van der Waals surface area contributed by atoms with E-state index in [-0.39, 0.29) is 22.5 Å². The maximum absolute atomic E-state index is 13.0. The Morgan fingerprint density at radius 2 is 2.23 bits per heavy atom. The van der Waals surface area contributed by atoms with Crippen molar-refractivity contribution in [1.82, 2.24) is 19.9 Å². The number of nitrogens with zero attached hydrogens (tertiary/aromatic N) is 3. The minimum atomic E-state index is -0.295. The van der Waals surface area contributed by atoms with Gasteiger partial charge in [0.15, 0.2) is 5.75 Å². The number of hydrogen-bond donors (Lipinski definition) is 1. The normalized spacial score (nSPS) is 21.7. The van der Waals surface area contributed by atoms with Crippen LogP contribution in [0.3, 0.4) is 0 Å². The highest BCUT2D eigenvalue weighted by molar-refractivity contribution is 5.92. The Bertz CT molecular complexity index is 919. The van der Waals surface area contributed by atoms with Crippen LogP contribution in [0.1, 0.15) is 46.8 Å². The van der Waals surface area contributed by atoms with E-state index in [1.165, 1.54) is 24.9 Å². The number of carbonyl (C=O) groups is 1. The first-order valence-corrected chi connectivity index (χ1v) is 8.91. The van der Waals surface area contributed by atoms with Crippen LogP contribution in [-0.2, 0) is 11.8 Å². The molecule has 2 aromatic rings. The number of piperidine rings is 1. The van der Waals surface area contributed by atoms with Gasteiger partial charge in [0.05, 0.1) is 12.8 Å². The molecule has 0 bridgehead atoms. The van der Waals surface area contributed by atoms with Crippen LogP contribution >= 0.6 is 0 Å². The van der Waals surface area contributed by atoms with Crippen molar-refractivity contribution >= 4 is 5.91 Å². The third-order valence-electron chi connectivity index (χ3n) is 5.55. The van der Waals surface area contributed by atoms with E-state index < -0.39 is 0 Å². The van der Waals surface area contributed by atoms with Crippen LogP contribution in [0.25, 0.3) is 0 Å². The zero-order chi connectivity index (χ0) is 18.3. The number of nitrogens with one attached hydrogen (secondary N) is 1. The summed E-state index contributed by atoms with van der Waals surface area (Å²) in [6, 6.07) is 1.32. The number of aromatic nitrogens is 3. The van der Waals surface area contributed by atoms with E-state index in [1.807, 2.05) is 18.0 Å². The molecule has 1 spiro atoms. The molecule has 0 aromatic carbocycles. The Balaban J connectivity index is 1.62. The van der Waals surface area contributed by atoms with Crippen LogP contribution in [-0.4, -0.2) is 46.0 Å². The minimum Gasteiger partial charge on any atom is -0.491 e. The van der Waals surface area contributed by atoms with Gasteiger partial charge in [0.25, 0.3) is 5.91 Å². The van der Waals surface area contributed by atoms with Gasteiger partial charge in [-0.1, -0.05) is 0 Å². The average molecular weight is 354 g/mol. The molecule has 1 aliphatic carbocycles. The lowest BCUT2D eigenvalue weighted by Gasteiger charge is -2.40. The van der Waals surface area contributed by atoms with Crippen LogP contribution in [0.15, 0.2) is 23.3 Å². The van der Waals surface area contributed by atoms with Gasteiger partial charge in [-0.3, -0.25) is 9.59 Å². The summed E-state index contributed by atoms with van der Waals surface area (Å²) in [7, 11) is 1.43. The highest BCUT2D eigenvalue weighted by Gasteiger charge is 2.44. The molecule has 7 nitrogen and oxygen atoms in total. The smallest absolute Gasteiger partial charge is 0.270 e. The Morgan fingerprint density at radius 1 is 1.38 bits per heavy atom. The van der Waals surface area contributed by atoms with Gasteiger partial charge in [0, 0.05) is 37.0 Å². The summed E-state index contributed by atoms with van der Waals surface area (Å²) in [5, 5.41) is 0. The largest absolute Gasteiger partial charge is 0.491 e. The van der Waals surface area contributed by atoms with Crippen molar-refractivity contribution in [3.63, 3.8) is 0 Å². The molecule has 1 atom stereocenters. The zero-order valence-electron chi connectivity index (χ0n) is 15.0. The maximum atomic E-state index is 13.0. The van der Waals surface area contributed by atoms with E-state index in [0.29, 0.717) is 18.8 Å². The number of likely N-dealkylation sites (tertiary alicyclic amines) is 1. The van der Waals surface area contributed by atoms with Crippen LogP contribution in [0, 0.1) is 6.92 Å². The fourth-order valence-corrected chi connectivity index (χ4v) is 4.24. The van der Waals surface area contributed by atoms with Gasteiger partial charge in [-0.05, 0) is 38.2 Å². The highest BCUT2D eigenvalue weighted by atomic mass is 16.5. The molecule has 1 N–H and O–H groups in total. The molecule has 26 heavy (non-hydrogen) atoms. The van der Waals surface area contributed by atoms with Crippen molar-refractivity contribution < 1.29 is 9.53 Å². The van der Waals surface area contributed by atoms with Crippen molar-refractivity contribution in [3.8, 4) is 5.75 Å². The van der Waals surface area contributed by atoms with Gasteiger partial charge < -0.3 is 14.6 Å². The Labute approximate surface area is 151 Å². The Morgan fingerprint density at radius 3 is 3.00 bits per heavy atom. The molecule has 136 valence electrons. The number of aromatic amines is 1. The molecule has 1 saturated heterocycles. The molecule has 2 aromatic heterocycles. The lowest BCUT2D eigenvalue weighted by Crippen LogP contribution is -2.48. The molecule has 3 heterocycles. The van der Waals surface area contributed by atoms with Crippen LogP contribution in [0.2, 0.25) is 0 Å². The number of fused-ring (bicyclic) bond motifs is 2. The van der Waals surface area contributed by atoms with Crippen LogP contribution in [0.5, 0.6) is 5.75 Å². The molecule has 1 aliphatic heterocycles. The van der Waals surface area contributed by atoms with E-state index >= 15 is 0 Å². The second kappa shape index (κ2) is 6.23. The highest BCUT2D eigenvalue weighted by Crippen LogP contribution is 2.43. The monoisotopic (exact) mass is 354 g/mol. The standard InChI is InChI=1S/C19H22N4O3/c1-12-20-9-13-4-6-19(17(13)22-12)5-3-7-23(11-19)18(25)14-8-15(24)16(26-2)10-21-14/h8-10H,3-7,11H2,1-2H3,(H,21,24). The SMILES string of the molecule is COc1c[nH]c(C(=O)N2CCCC3(CCc4cnc(C)nc43)C2)cc1=O. The van der Waals surface area contributed by atoms with E-state index in [1.54, 1.807) is 0 Å². The van der Waals surface area contributed by atoms with Crippen LogP contribution in [0.4, 0.5) is 0 Å². The van der Waals surface area contributed by atoms with Crippen molar-refractivity contribution in [2.24, 2.45) is 0 Å². The van der Waals surface area contributed by atoms with Gasteiger partial charge in [-0.15, -0.1) is 0 Å². The summed E-state index contributed by atoms with van der Waals surface area (Å²) < 4.78 is 4.97. The maximum Gasteiger partial charge on any atom is 0.270 e. The van der Waals surface area contributed by atoms with Gasteiger partial charge in [-0.2, -0.15) is 0 Å². The number of amides is 1. The molecule has 1 amide bonds. The number of pyridine rings is 1. The summed E-state index contributed by atoms with van der Waals surface area (Å²) in [6.45, 7) is 3.22. The molecule has 0 radical (unpaired) electrons. The first-order valence-electron chi connectivity index (χ1n) is 8.91. The number of rotatable bonds is 2. The van der Waals surface area contributed by atoms with Crippen molar-refractivity contribution in [3.05, 3.63) is 51.5 Å². The number of H-pyrrole nitrogens is 1. The Kier molecular flexibility index (Phi) is 4.01. The van der Waals surface area contributed by atoms with Crippen LogP contribution < -0.4 is 10.2 Å². The second-order valence-electron chi connectivity index (χ2n) is 7.18. The molecular weight excluding hydrogens is 332 g/mol. The summed E-state index contributed by atoms with van der Waals surface area (Å²) in [5.74, 6) is 0.824. The molecule has 1 fully saturated rings.